The van der Waals surface area contributed by atoms with Crippen molar-refractivity contribution >= 4 is 17.5 Å². The number of imidazole rings is 1. The Balaban J connectivity index is 1.37. The molecule has 1 N–H and O–H groups in total. The fourth-order valence-electron chi connectivity index (χ4n) is 4.72. The number of rotatable bonds is 12. The van der Waals surface area contributed by atoms with Crippen LogP contribution in [-0.2, 0) is 31.0 Å². The molecule has 0 aliphatic rings. The number of carbonyl (C=O) groups is 1. The van der Waals surface area contributed by atoms with Gasteiger partial charge in [-0.25, -0.2) is 4.98 Å². The van der Waals surface area contributed by atoms with Gasteiger partial charge in [-0.2, -0.15) is 0 Å². The van der Waals surface area contributed by atoms with E-state index < -0.39 is 11.0 Å². The van der Waals surface area contributed by atoms with Crippen molar-refractivity contribution in [2.45, 2.75) is 45.9 Å². The molecule has 0 fully saturated rings. The third-order valence-electron chi connectivity index (χ3n) is 6.89. The first-order valence-electron chi connectivity index (χ1n) is 13.6. The lowest BCUT2D eigenvalue weighted by molar-refractivity contribution is -0.763. The van der Waals surface area contributed by atoms with Crippen LogP contribution in [0, 0.1) is 10.1 Å². The average molecular weight is 602 g/mol. The van der Waals surface area contributed by atoms with Crippen LogP contribution < -0.4 is 0 Å². The van der Waals surface area contributed by atoms with Crippen molar-refractivity contribution in [3.63, 3.8) is 0 Å². The highest BCUT2D eigenvalue weighted by Crippen LogP contribution is 2.30. The number of aromatic nitrogens is 6. The fraction of sp³-hybridized carbons (Fsp3) is 0.233. The Morgan fingerprint density at radius 3 is 2.53 bits per heavy atom. The lowest BCUT2D eigenvalue weighted by Crippen LogP contribution is -2.16. The molecule has 2 heterocycles. The highest BCUT2D eigenvalue weighted by molar-refractivity contribution is 6.30. The quantitative estimate of drug-likeness (QED) is 0.151. The van der Waals surface area contributed by atoms with Crippen molar-refractivity contribution in [1.82, 2.24) is 29.8 Å². The minimum Gasteiger partial charge on any atom is -0.390 e. The van der Waals surface area contributed by atoms with Gasteiger partial charge in [-0.1, -0.05) is 90.4 Å². The highest BCUT2D eigenvalue weighted by atomic mass is 35.5. The zero-order chi connectivity index (χ0) is 30.3. The van der Waals surface area contributed by atoms with Crippen LogP contribution in [0.15, 0.2) is 72.8 Å². The van der Waals surface area contributed by atoms with Gasteiger partial charge in [0.1, 0.15) is 12.4 Å². The number of halogens is 1. The fourth-order valence-corrected chi connectivity index (χ4v) is 4.97. The monoisotopic (exact) mass is 601 g/mol. The Labute approximate surface area is 251 Å². The molecule has 3 aromatic carbocycles. The van der Waals surface area contributed by atoms with Crippen LogP contribution in [0.1, 0.15) is 52.8 Å². The second kappa shape index (κ2) is 13.4. The normalized spacial score (nSPS) is 11.0. The third-order valence-corrected chi connectivity index (χ3v) is 7.19. The maximum Gasteiger partial charge on any atom is 0.297 e. The number of unbranched alkanes of at least 4 members (excludes halogenated alkanes) is 1. The number of aliphatic hydroxyl groups is 1. The van der Waals surface area contributed by atoms with E-state index in [4.69, 9.17) is 11.6 Å². The Kier molecular flexibility index (Phi) is 9.18. The lowest BCUT2D eigenvalue weighted by Gasteiger charge is -2.12. The van der Waals surface area contributed by atoms with Gasteiger partial charge in [-0.15, -0.1) is 20.3 Å². The van der Waals surface area contributed by atoms with E-state index in [0.717, 1.165) is 46.6 Å². The van der Waals surface area contributed by atoms with E-state index in [2.05, 4.69) is 32.2 Å². The smallest absolute Gasteiger partial charge is 0.297 e. The number of aliphatic hydroxyl groups excluding tert-OH is 1. The molecule has 0 unspecified atom stereocenters. The number of tetrazole rings is 1. The SMILES string of the molecule is CCCCc1nc(Cl)c(CO)n1Cc1ccc(-c2ccccc2-c2nnn(C(=O)c3cccc(CO[N+](=O)[O-])c3)n2)cc1. The van der Waals surface area contributed by atoms with Crippen LogP contribution >= 0.6 is 11.6 Å². The van der Waals surface area contributed by atoms with E-state index in [1.807, 2.05) is 53.1 Å². The number of hydrogen-bond donors (Lipinski definition) is 1. The van der Waals surface area contributed by atoms with Crippen molar-refractivity contribution < 1.29 is 19.8 Å². The van der Waals surface area contributed by atoms with Crippen LogP contribution in [0.3, 0.4) is 0 Å². The molecular formula is C30H28ClN7O5. The summed E-state index contributed by atoms with van der Waals surface area (Å²) in [6, 6.07) is 21.8. The van der Waals surface area contributed by atoms with Gasteiger partial charge in [0.05, 0.1) is 12.3 Å². The van der Waals surface area contributed by atoms with E-state index in [1.54, 1.807) is 18.2 Å². The Hall–Kier alpha value is -4.94. The van der Waals surface area contributed by atoms with Gasteiger partial charge in [0, 0.05) is 24.1 Å². The van der Waals surface area contributed by atoms with Crippen LogP contribution in [0.2, 0.25) is 5.15 Å². The maximum absolute atomic E-state index is 13.0. The molecule has 0 spiro atoms. The van der Waals surface area contributed by atoms with Crippen molar-refractivity contribution in [1.29, 1.82) is 0 Å². The zero-order valence-corrected chi connectivity index (χ0v) is 24.0. The predicted octanol–water partition coefficient (Wildman–Crippen LogP) is 5.14. The Morgan fingerprint density at radius 2 is 1.81 bits per heavy atom. The molecule has 13 heteroatoms. The first kappa shape index (κ1) is 29.5. The summed E-state index contributed by atoms with van der Waals surface area (Å²) in [5, 5.41) is 32.3. The molecule has 2 aromatic heterocycles. The Morgan fingerprint density at radius 1 is 1.05 bits per heavy atom. The van der Waals surface area contributed by atoms with Gasteiger partial charge in [0.25, 0.3) is 11.0 Å². The van der Waals surface area contributed by atoms with Gasteiger partial charge >= 0.3 is 0 Å². The summed E-state index contributed by atoms with van der Waals surface area (Å²) in [5.41, 5.74) is 4.76. The van der Waals surface area contributed by atoms with Crippen LogP contribution in [0.25, 0.3) is 22.5 Å². The number of carbonyl (C=O) groups excluding carboxylic acids is 1. The molecule has 0 amide bonds. The number of benzene rings is 3. The summed E-state index contributed by atoms with van der Waals surface area (Å²) in [7, 11) is 0. The predicted molar refractivity (Wildman–Crippen MR) is 158 cm³/mol. The molecule has 0 saturated carbocycles. The molecule has 0 atom stereocenters. The number of aryl methyl sites for hydroxylation is 1. The molecule has 12 nitrogen and oxygen atoms in total. The van der Waals surface area contributed by atoms with Gasteiger partial charge in [-0.3, -0.25) is 4.79 Å². The molecule has 0 radical (unpaired) electrons. The lowest BCUT2D eigenvalue weighted by atomic mass is 9.98. The molecule has 43 heavy (non-hydrogen) atoms. The largest absolute Gasteiger partial charge is 0.390 e. The highest BCUT2D eigenvalue weighted by Gasteiger charge is 2.18. The molecule has 0 bridgehead atoms. The molecule has 5 rings (SSSR count). The van der Waals surface area contributed by atoms with Crippen molar-refractivity contribution in [2.75, 3.05) is 0 Å². The van der Waals surface area contributed by atoms with E-state index in [9.17, 15) is 20.0 Å². The second-order valence-corrected chi connectivity index (χ2v) is 10.1. The summed E-state index contributed by atoms with van der Waals surface area (Å²) in [5.74, 6) is 0.580. The summed E-state index contributed by atoms with van der Waals surface area (Å²) in [4.78, 5) is 33.3. The first-order valence-corrected chi connectivity index (χ1v) is 14.0. The average Bonchev–Trinajstić information content (AvgIpc) is 3.63. The van der Waals surface area contributed by atoms with Crippen LogP contribution in [-0.4, -0.2) is 45.9 Å². The van der Waals surface area contributed by atoms with Crippen molar-refractivity contribution in [3.8, 4) is 22.5 Å². The summed E-state index contributed by atoms with van der Waals surface area (Å²) < 4.78 is 1.98. The molecule has 5 aromatic rings. The van der Waals surface area contributed by atoms with Crippen molar-refractivity contribution in [2.24, 2.45) is 0 Å². The van der Waals surface area contributed by atoms with E-state index in [-0.39, 0.29) is 24.6 Å². The van der Waals surface area contributed by atoms with E-state index in [1.165, 1.54) is 6.07 Å². The van der Waals surface area contributed by atoms with Gasteiger partial charge in [-0.05, 0) is 46.0 Å². The van der Waals surface area contributed by atoms with E-state index in [0.29, 0.717) is 28.5 Å². The van der Waals surface area contributed by atoms with Gasteiger partial charge < -0.3 is 14.5 Å². The Bertz CT molecular complexity index is 1750. The molecule has 0 aliphatic heterocycles. The zero-order valence-electron chi connectivity index (χ0n) is 23.3. The number of hydrogen-bond acceptors (Lipinski definition) is 9. The van der Waals surface area contributed by atoms with Crippen LogP contribution in [0.4, 0.5) is 0 Å². The number of nitrogens with zero attached hydrogens (tertiary/aromatic N) is 7. The minimum atomic E-state index is -0.891. The molecule has 0 saturated heterocycles. The van der Waals surface area contributed by atoms with Gasteiger partial charge in [0.2, 0.25) is 5.82 Å². The summed E-state index contributed by atoms with van der Waals surface area (Å²) >= 11 is 6.30. The molecule has 220 valence electrons. The standard InChI is InChI=1S/C30H28ClN7O5/c1-2-3-11-27-32-28(31)26(18-39)36(27)17-20-12-14-22(15-13-20)24-9-4-5-10-25(24)29-33-35-37(34-29)30(40)23-8-6-7-21(16-23)19-43-38(41)42/h4-10,12-16,39H,2-3,11,17-19H2,1H3. The molecule has 0 aliphatic carbocycles. The van der Waals surface area contributed by atoms with Crippen molar-refractivity contribution in [3.05, 3.63) is 116 Å². The van der Waals surface area contributed by atoms with E-state index >= 15 is 0 Å². The first-order chi connectivity index (χ1) is 20.9. The second-order valence-electron chi connectivity index (χ2n) is 9.76. The van der Waals surface area contributed by atoms with Gasteiger partial charge in [0.15, 0.2) is 5.15 Å². The summed E-state index contributed by atoms with van der Waals surface area (Å²) in [6.07, 6.45) is 2.78. The summed E-state index contributed by atoms with van der Waals surface area (Å²) in [6.45, 7) is 2.16. The van der Waals surface area contributed by atoms with Crippen LogP contribution in [0.5, 0.6) is 0 Å². The maximum atomic E-state index is 13.0. The minimum absolute atomic E-state index is 0.193. The topological polar surface area (TPSA) is 151 Å². The molecular weight excluding hydrogens is 574 g/mol. The third kappa shape index (κ3) is 6.76.